The Balaban J connectivity index is 1.86. The fourth-order valence-electron chi connectivity index (χ4n) is 1.26. The molecular formula is C9H14N6O2. The Bertz CT molecular complexity index is 438. The van der Waals surface area contributed by atoms with Crippen molar-refractivity contribution in [1.29, 1.82) is 0 Å². The third-order valence-electron chi connectivity index (χ3n) is 2.38. The van der Waals surface area contributed by atoms with E-state index in [1.54, 1.807) is 6.92 Å². The predicted octanol–water partition coefficient (Wildman–Crippen LogP) is -1.22. The molecule has 1 atom stereocenters. The van der Waals surface area contributed by atoms with Gasteiger partial charge in [-0.2, -0.15) is 4.98 Å². The number of aromatic nitrogens is 3. The topological polar surface area (TPSA) is 126 Å². The summed E-state index contributed by atoms with van der Waals surface area (Å²) in [5, 5.41) is 11.2. The van der Waals surface area contributed by atoms with Crippen LogP contribution in [0.4, 0.5) is 5.95 Å². The third kappa shape index (κ3) is 2.92. The first-order valence-electron chi connectivity index (χ1n) is 5.35. The summed E-state index contributed by atoms with van der Waals surface area (Å²) in [6.45, 7) is 1.61. The van der Waals surface area contributed by atoms with Crippen LogP contribution in [0, 0.1) is 0 Å². The Morgan fingerprint density at radius 1 is 1.53 bits per heavy atom. The van der Waals surface area contributed by atoms with Crippen molar-refractivity contribution >= 4 is 17.8 Å². The van der Waals surface area contributed by atoms with Crippen molar-refractivity contribution in [1.82, 2.24) is 25.8 Å². The molecular weight excluding hydrogens is 224 g/mol. The average molecular weight is 238 g/mol. The van der Waals surface area contributed by atoms with Crippen LogP contribution in [0.15, 0.2) is 0 Å². The largest absolute Gasteiger partial charge is 0.366 e. The summed E-state index contributed by atoms with van der Waals surface area (Å²) in [6, 6.07) is -0.350. The zero-order valence-electron chi connectivity index (χ0n) is 9.36. The second kappa shape index (κ2) is 4.40. The molecule has 1 aliphatic carbocycles. The second-order valence-corrected chi connectivity index (χ2v) is 4.02. The van der Waals surface area contributed by atoms with Gasteiger partial charge in [-0.25, -0.2) is 0 Å². The van der Waals surface area contributed by atoms with E-state index in [-0.39, 0.29) is 23.7 Å². The van der Waals surface area contributed by atoms with Crippen LogP contribution in [-0.2, 0) is 4.79 Å². The Morgan fingerprint density at radius 3 is 2.76 bits per heavy atom. The standard InChI is InChI=1S/C9H14N6O2/c1-4(7(16)12-5-2-3-5)11-8(17)6-13-9(10)15-14-6/h4-5H,2-3H2,1H3,(H,11,17)(H,12,16)(H3,10,13,14,15). The van der Waals surface area contributed by atoms with Gasteiger partial charge in [-0.1, -0.05) is 0 Å². The van der Waals surface area contributed by atoms with Crippen LogP contribution in [0.25, 0.3) is 0 Å². The number of carbonyl (C=O) groups excluding carboxylic acids is 2. The highest BCUT2D eigenvalue weighted by Crippen LogP contribution is 2.18. The molecule has 1 aromatic heterocycles. The van der Waals surface area contributed by atoms with E-state index >= 15 is 0 Å². The number of amides is 2. The number of carbonyl (C=O) groups is 2. The lowest BCUT2D eigenvalue weighted by molar-refractivity contribution is -0.122. The number of anilines is 1. The normalized spacial score (nSPS) is 16.3. The van der Waals surface area contributed by atoms with Crippen LogP contribution in [0.1, 0.15) is 30.4 Å². The molecule has 1 fully saturated rings. The van der Waals surface area contributed by atoms with Crippen LogP contribution in [0.2, 0.25) is 0 Å². The lowest BCUT2D eigenvalue weighted by atomic mass is 10.3. The zero-order chi connectivity index (χ0) is 12.4. The first-order chi connectivity index (χ1) is 8.06. The maximum absolute atomic E-state index is 11.6. The van der Waals surface area contributed by atoms with Gasteiger partial charge in [-0.15, -0.1) is 5.10 Å². The molecule has 1 heterocycles. The van der Waals surface area contributed by atoms with Gasteiger partial charge in [0, 0.05) is 6.04 Å². The highest BCUT2D eigenvalue weighted by molar-refractivity contribution is 5.94. The summed E-state index contributed by atoms with van der Waals surface area (Å²) in [7, 11) is 0. The van der Waals surface area contributed by atoms with Crippen molar-refractivity contribution in [3.63, 3.8) is 0 Å². The van der Waals surface area contributed by atoms with E-state index in [9.17, 15) is 9.59 Å². The molecule has 2 rings (SSSR count). The molecule has 2 amide bonds. The van der Waals surface area contributed by atoms with E-state index in [0.29, 0.717) is 0 Å². The van der Waals surface area contributed by atoms with Gasteiger partial charge in [0.2, 0.25) is 17.7 Å². The summed E-state index contributed by atoms with van der Waals surface area (Å²) in [4.78, 5) is 26.8. The van der Waals surface area contributed by atoms with Crippen molar-refractivity contribution in [2.24, 2.45) is 0 Å². The second-order valence-electron chi connectivity index (χ2n) is 4.02. The summed E-state index contributed by atoms with van der Waals surface area (Å²) >= 11 is 0. The van der Waals surface area contributed by atoms with Crippen molar-refractivity contribution in [2.75, 3.05) is 5.73 Å². The molecule has 0 bridgehead atoms. The minimum atomic E-state index is -0.616. The molecule has 0 saturated heterocycles. The molecule has 1 unspecified atom stereocenters. The average Bonchev–Trinajstić information content (AvgIpc) is 2.97. The fourth-order valence-corrected chi connectivity index (χ4v) is 1.26. The smallest absolute Gasteiger partial charge is 0.289 e. The van der Waals surface area contributed by atoms with Gasteiger partial charge in [0.05, 0.1) is 0 Å². The number of hydrogen-bond donors (Lipinski definition) is 4. The van der Waals surface area contributed by atoms with Gasteiger partial charge >= 0.3 is 0 Å². The molecule has 0 aliphatic heterocycles. The van der Waals surface area contributed by atoms with Crippen molar-refractivity contribution < 1.29 is 9.59 Å². The summed E-state index contributed by atoms with van der Waals surface area (Å²) < 4.78 is 0. The van der Waals surface area contributed by atoms with Crippen LogP contribution < -0.4 is 16.4 Å². The lowest BCUT2D eigenvalue weighted by Gasteiger charge is -2.12. The van der Waals surface area contributed by atoms with E-state index in [4.69, 9.17) is 5.73 Å². The minimum absolute atomic E-state index is 0.00595. The monoisotopic (exact) mass is 238 g/mol. The molecule has 8 heteroatoms. The third-order valence-corrected chi connectivity index (χ3v) is 2.38. The lowest BCUT2D eigenvalue weighted by Crippen LogP contribution is -2.45. The number of hydrogen-bond acceptors (Lipinski definition) is 5. The number of rotatable bonds is 4. The number of nitrogens with one attached hydrogen (secondary N) is 3. The molecule has 92 valence electrons. The highest BCUT2D eigenvalue weighted by atomic mass is 16.2. The number of H-pyrrole nitrogens is 1. The van der Waals surface area contributed by atoms with Crippen molar-refractivity contribution in [2.45, 2.75) is 31.8 Å². The minimum Gasteiger partial charge on any atom is -0.366 e. The molecule has 1 aliphatic rings. The van der Waals surface area contributed by atoms with E-state index in [1.807, 2.05) is 0 Å². The molecule has 1 aromatic rings. The Labute approximate surface area is 97.4 Å². The highest BCUT2D eigenvalue weighted by Gasteiger charge is 2.26. The van der Waals surface area contributed by atoms with E-state index in [0.717, 1.165) is 12.8 Å². The fraction of sp³-hybridized carbons (Fsp3) is 0.556. The molecule has 0 spiro atoms. The first kappa shape index (κ1) is 11.4. The first-order valence-corrected chi connectivity index (χ1v) is 5.35. The van der Waals surface area contributed by atoms with Crippen molar-refractivity contribution in [3.8, 4) is 0 Å². The van der Waals surface area contributed by atoms with Gasteiger partial charge < -0.3 is 16.4 Å². The number of nitrogens with zero attached hydrogens (tertiary/aromatic N) is 2. The van der Waals surface area contributed by atoms with Gasteiger partial charge in [0.25, 0.3) is 5.91 Å². The van der Waals surface area contributed by atoms with Crippen LogP contribution in [-0.4, -0.2) is 39.1 Å². The number of aromatic amines is 1. The Morgan fingerprint density at radius 2 is 2.24 bits per heavy atom. The van der Waals surface area contributed by atoms with Gasteiger partial charge in [-0.05, 0) is 19.8 Å². The zero-order valence-corrected chi connectivity index (χ0v) is 9.36. The van der Waals surface area contributed by atoms with E-state index in [1.165, 1.54) is 0 Å². The van der Waals surface area contributed by atoms with Gasteiger partial charge in [0.15, 0.2) is 0 Å². The number of nitrogens with two attached hydrogens (primary N) is 1. The van der Waals surface area contributed by atoms with Crippen LogP contribution in [0.5, 0.6) is 0 Å². The molecule has 17 heavy (non-hydrogen) atoms. The molecule has 0 aromatic carbocycles. The SMILES string of the molecule is CC(NC(=O)c1nc(N)n[nH]1)C(=O)NC1CC1. The molecule has 1 saturated carbocycles. The Kier molecular flexibility index (Phi) is 2.94. The van der Waals surface area contributed by atoms with Gasteiger partial charge in [0.1, 0.15) is 6.04 Å². The Hall–Kier alpha value is -2.12. The maximum atomic E-state index is 11.6. The predicted molar refractivity (Wildman–Crippen MR) is 58.9 cm³/mol. The molecule has 5 N–H and O–H groups in total. The molecule has 0 radical (unpaired) electrons. The van der Waals surface area contributed by atoms with Crippen LogP contribution >= 0.6 is 0 Å². The number of nitrogen functional groups attached to an aromatic ring is 1. The quantitative estimate of drug-likeness (QED) is 0.523. The van der Waals surface area contributed by atoms with Crippen molar-refractivity contribution in [3.05, 3.63) is 5.82 Å². The summed E-state index contributed by atoms with van der Waals surface area (Å²) in [5.74, 6) is -0.722. The maximum Gasteiger partial charge on any atom is 0.289 e. The summed E-state index contributed by atoms with van der Waals surface area (Å²) in [6.07, 6.45) is 2.01. The van der Waals surface area contributed by atoms with E-state index < -0.39 is 11.9 Å². The van der Waals surface area contributed by atoms with Crippen LogP contribution in [0.3, 0.4) is 0 Å². The van der Waals surface area contributed by atoms with E-state index in [2.05, 4.69) is 25.8 Å². The van der Waals surface area contributed by atoms with Gasteiger partial charge in [-0.3, -0.25) is 14.7 Å². The summed E-state index contributed by atoms with van der Waals surface area (Å²) in [5.41, 5.74) is 5.27. The molecule has 8 nitrogen and oxygen atoms in total.